The number of nitrogens with zero attached hydrogens (tertiary/aromatic N) is 4. The Labute approximate surface area is 128 Å². The van der Waals surface area contributed by atoms with Crippen molar-refractivity contribution in [2.75, 3.05) is 10.7 Å². The van der Waals surface area contributed by atoms with Gasteiger partial charge < -0.3 is 15.1 Å². The number of halogens is 1. The van der Waals surface area contributed by atoms with Crippen LogP contribution in [0.2, 0.25) is 0 Å². The van der Waals surface area contributed by atoms with E-state index in [4.69, 9.17) is 5.84 Å². The van der Waals surface area contributed by atoms with Gasteiger partial charge in [-0.3, -0.25) is 0 Å². The molecule has 0 aliphatic heterocycles. The van der Waals surface area contributed by atoms with Crippen LogP contribution in [0.25, 0.3) is 5.65 Å². The molecule has 0 radical (unpaired) electrons. The molecule has 3 aromatic rings. The first kappa shape index (κ1) is 13.4. The highest BCUT2D eigenvalue weighted by molar-refractivity contribution is 9.10. The first-order valence-corrected chi connectivity index (χ1v) is 6.77. The summed E-state index contributed by atoms with van der Waals surface area (Å²) in [6.07, 6.45) is 5.17. The lowest BCUT2D eigenvalue weighted by atomic mass is 10.2. The third-order valence-electron chi connectivity index (χ3n) is 2.88. The molecule has 1 aromatic carbocycles. The standard InChI is InChI=1S/C13H10BrN7/c14-9-1-2-10(8(5-9)6-15)18-12-13-17-3-4-21(13)7-11(19-12)20-16/h1-5,7,20H,16H2,(H,18,19). The molecule has 0 aliphatic rings. The van der Waals surface area contributed by atoms with E-state index < -0.39 is 0 Å². The molecule has 8 heteroatoms. The molecule has 0 spiro atoms. The highest BCUT2D eigenvalue weighted by Gasteiger charge is 2.10. The third kappa shape index (κ3) is 2.52. The second-order valence-electron chi connectivity index (χ2n) is 4.20. The number of hydrogen-bond donors (Lipinski definition) is 3. The maximum Gasteiger partial charge on any atom is 0.180 e. The SMILES string of the molecule is N#Cc1cc(Br)ccc1Nc1nc(NN)cn2ccnc12. The summed E-state index contributed by atoms with van der Waals surface area (Å²) in [6, 6.07) is 7.51. The second-order valence-corrected chi connectivity index (χ2v) is 5.12. The molecule has 21 heavy (non-hydrogen) atoms. The number of benzene rings is 1. The van der Waals surface area contributed by atoms with Gasteiger partial charge in [0.25, 0.3) is 0 Å². The minimum absolute atomic E-state index is 0.485. The maximum absolute atomic E-state index is 9.21. The minimum Gasteiger partial charge on any atom is -0.336 e. The Balaban J connectivity index is 2.10. The van der Waals surface area contributed by atoms with Gasteiger partial charge in [-0.25, -0.2) is 15.8 Å². The van der Waals surface area contributed by atoms with Crippen molar-refractivity contribution >= 4 is 38.9 Å². The van der Waals surface area contributed by atoms with Crippen molar-refractivity contribution in [3.63, 3.8) is 0 Å². The molecule has 3 rings (SSSR count). The zero-order valence-corrected chi connectivity index (χ0v) is 12.3. The average Bonchev–Trinajstić information content (AvgIpc) is 2.97. The van der Waals surface area contributed by atoms with Gasteiger partial charge in [0.1, 0.15) is 6.07 Å². The van der Waals surface area contributed by atoms with E-state index in [1.807, 2.05) is 6.07 Å². The van der Waals surface area contributed by atoms with Gasteiger partial charge in [0.15, 0.2) is 17.3 Å². The predicted molar refractivity (Wildman–Crippen MR) is 82.9 cm³/mol. The van der Waals surface area contributed by atoms with E-state index in [1.54, 1.807) is 35.1 Å². The minimum atomic E-state index is 0.485. The zero-order valence-electron chi connectivity index (χ0n) is 10.7. The van der Waals surface area contributed by atoms with Gasteiger partial charge in [-0.2, -0.15) is 5.26 Å². The lowest BCUT2D eigenvalue weighted by Crippen LogP contribution is -2.11. The van der Waals surface area contributed by atoms with Crippen molar-refractivity contribution < 1.29 is 0 Å². The smallest absolute Gasteiger partial charge is 0.180 e. The van der Waals surface area contributed by atoms with Crippen LogP contribution in [0.1, 0.15) is 5.56 Å². The summed E-state index contributed by atoms with van der Waals surface area (Å²) >= 11 is 3.34. The molecule has 2 aromatic heterocycles. The quantitative estimate of drug-likeness (QED) is 0.498. The number of hydrogen-bond acceptors (Lipinski definition) is 6. The van der Waals surface area contributed by atoms with Crippen LogP contribution in [-0.2, 0) is 0 Å². The monoisotopic (exact) mass is 343 g/mol. The molecular weight excluding hydrogens is 334 g/mol. The largest absolute Gasteiger partial charge is 0.336 e. The number of nitriles is 1. The summed E-state index contributed by atoms with van der Waals surface area (Å²) in [7, 11) is 0. The van der Waals surface area contributed by atoms with Crippen LogP contribution < -0.4 is 16.6 Å². The van der Waals surface area contributed by atoms with E-state index in [0.717, 1.165) is 4.47 Å². The molecule has 2 heterocycles. The topological polar surface area (TPSA) is 104 Å². The van der Waals surface area contributed by atoms with Gasteiger partial charge in [0.05, 0.1) is 17.4 Å². The van der Waals surface area contributed by atoms with Crippen LogP contribution in [0.5, 0.6) is 0 Å². The predicted octanol–water partition coefficient (Wildman–Crippen LogP) is 2.39. The fourth-order valence-electron chi connectivity index (χ4n) is 1.93. The van der Waals surface area contributed by atoms with Crippen LogP contribution >= 0.6 is 15.9 Å². The number of aromatic nitrogens is 3. The van der Waals surface area contributed by atoms with E-state index in [0.29, 0.717) is 28.5 Å². The molecule has 0 amide bonds. The maximum atomic E-state index is 9.21. The highest BCUT2D eigenvalue weighted by atomic mass is 79.9. The molecule has 0 bridgehead atoms. The first-order chi connectivity index (χ1) is 10.2. The average molecular weight is 344 g/mol. The number of anilines is 3. The molecule has 0 saturated heterocycles. The fourth-order valence-corrected chi connectivity index (χ4v) is 2.29. The van der Waals surface area contributed by atoms with Crippen LogP contribution in [0.4, 0.5) is 17.3 Å². The molecule has 0 fully saturated rings. The Hall–Kier alpha value is -2.63. The highest BCUT2D eigenvalue weighted by Crippen LogP contribution is 2.25. The van der Waals surface area contributed by atoms with Crippen molar-refractivity contribution in [2.24, 2.45) is 5.84 Å². The Morgan fingerprint density at radius 1 is 1.38 bits per heavy atom. The Morgan fingerprint density at radius 2 is 2.24 bits per heavy atom. The molecule has 0 aliphatic carbocycles. The summed E-state index contributed by atoms with van der Waals surface area (Å²) in [5.41, 5.74) is 4.29. The number of nitrogens with two attached hydrogens (primary N) is 1. The Kier molecular flexibility index (Phi) is 3.43. The molecule has 0 unspecified atom stereocenters. The number of imidazole rings is 1. The Bertz CT molecular complexity index is 849. The molecule has 104 valence electrons. The van der Waals surface area contributed by atoms with Crippen LogP contribution in [0.3, 0.4) is 0 Å². The van der Waals surface area contributed by atoms with Gasteiger partial charge in [0.2, 0.25) is 0 Å². The summed E-state index contributed by atoms with van der Waals surface area (Å²) < 4.78 is 2.62. The van der Waals surface area contributed by atoms with Crippen LogP contribution in [-0.4, -0.2) is 14.4 Å². The lowest BCUT2D eigenvalue weighted by molar-refractivity contribution is 1.11. The van der Waals surface area contributed by atoms with Crippen molar-refractivity contribution in [3.05, 3.63) is 46.8 Å². The Morgan fingerprint density at radius 3 is 3.00 bits per heavy atom. The van der Waals surface area contributed by atoms with E-state index in [2.05, 4.69) is 42.7 Å². The van der Waals surface area contributed by atoms with Gasteiger partial charge >= 0.3 is 0 Å². The number of nitrogens with one attached hydrogen (secondary N) is 2. The van der Waals surface area contributed by atoms with Gasteiger partial charge in [-0.05, 0) is 18.2 Å². The van der Waals surface area contributed by atoms with Gasteiger partial charge in [0, 0.05) is 16.9 Å². The van der Waals surface area contributed by atoms with Crippen LogP contribution in [0, 0.1) is 11.3 Å². The van der Waals surface area contributed by atoms with Gasteiger partial charge in [-0.1, -0.05) is 15.9 Å². The number of rotatable bonds is 3. The zero-order chi connectivity index (χ0) is 14.8. The number of hydrazine groups is 1. The summed E-state index contributed by atoms with van der Waals surface area (Å²) in [5, 5.41) is 12.3. The molecule has 0 atom stereocenters. The number of fused-ring (bicyclic) bond motifs is 1. The van der Waals surface area contributed by atoms with Crippen molar-refractivity contribution in [1.82, 2.24) is 14.4 Å². The van der Waals surface area contributed by atoms with E-state index in [-0.39, 0.29) is 0 Å². The number of nitrogen functional groups attached to an aromatic ring is 1. The normalized spacial score (nSPS) is 10.3. The molecule has 4 N–H and O–H groups in total. The summed E-state index contributed by atoms with van der Waals surface area (Å²) in [6.45, 7) is 0. The van der Waals surface area contributed by atoms with E-state index in [9.17, 15) is 5.26 Å². The molecular formula is C13H10BrN7. The lowest BCUT2D eigenvalue weighted by Gasteiger charge is -2.10. The fraction of sp³-hybridized carbons (Fsp3) is 0. The van der Waals surface area contributed by atoms with Crippen LogP contribution in [0.15, 0.2) is 41.3 Å². The second kappa shape index (κ2) is 5.40. The van der Waals surface area contributed by atoms with E-state index >= 15 is 0 Å². The summed E-state index contributed by atoms with van der Waals surface area (Å²) in [5.74, 6) is 6.41. The van der Waals surface area contributed by atoms with Crippen molar-refractivity contribution in [2.45, 2.75) is 0 Å². The van der Waals surface area contributed by atoms with E-state index in [1.165, 1.54) is 0 Å². The summed E-state index contributed by atoms with van der Waals surface area (Å²) in [4.78, 5) is 8.57. The van der Waals surface area contributed by atoms with Gasteiger partial charge in [-0.15, -0.1) is 0 Å². The third-order valence-corrected chi connectivity index (χ3v) is 3.37. The molecule has 0 saturated carbocycles. The first-order valence-electron chi connectivity index (χ1n) is 5.98. The van der Waals surface area contributed by atoms with Crippen molar-refractivity contribution in [1.29, 1.82) is 5.26 Å². The van der Waals surface area contributed by atoms with Crippen molar-refractivity contribution in [3.8, 4) is 6.07 Å². The molecule has 7 nitrogen and oxygen atoms in total.